The molecule has 4 atom stereocenters. The molecule has 4 nitrogen and oxygen atoms in total. The third-order valence-electron chi connectivity index (χ3n) is 3.69. The molecule has 0 spiro atoms. The molecule has 0 saturated heterocycles. The van der Waals surface area contributed by atoms with E-state index in [-0.39, 0.29) is 35.6 Å². The smallest absolute Gasteiger partial charge is 0.310 e. The summed E-state index contributed by atoms with van der Waals surface area (Å²) in [6.45, 7) is 0. The Morgan fingerprint density at radius 2 is 1.31 bits per heavy atom. The minimum Gasteiger partial charge on any atom is -0.469 e. The first kappa shape index (κ1) is 11.2. The van der Waals surface area contributed by atoms with Crippen molar-refractivity contribution in [2.24, 2.45) is 23.7 Å². The first-order chi connectivity index (χ1) is 7.69. The highest BCUT2D eigenvalue weighted by atomic mass is 16.5. The third kappa shape index (κ3) is 1.62. The molecule has 16 heavy (non-hydrogen) atoms. The fourth-order valence-corrected chi connectivity index (χ4v) is 2.91. The quantitative estimate of drug-likeness (QED) is 0.521. The van der Waals surface area contributed by atoms with Gasteiger partial charge in [-0.2, -0.15) is 0 Å². The summed E-state index contributed by atoms with van der Waals surface area (Å²) in [6, 6.07) is 0. The average molecular weight is 224 g/mol. The largest absolute Gasteiger partial charge is 0.469 e. The van der Waals surface area contributed by atoms with Crippen LogP contribution in [0.25, 0.3) is 0 Å². The summed E-state index contributed by atoms with van der Waals surface area (Å²) in [5.41, 5.74) is 0. The van der Waals surface area contributed by atoms with Gasteiger partial charge in [-0.1, -0.05) is 12.2 Å². The van der Waals surface area contributed by atoms with Crippen molar-refractivity contribution >= 4 is 11.9 Å². The zero-order valence-electron chi connectivity index (χ0n) is 9.51. The lowest BCUT2D eigenvalue weighted by atomic mass is 9.62. The molecule has 0 amide bonds. The van der Waals surface area contributed by atoms with Crippen LogP contribution >= 0.6 is 0 Å². The predicted molar refractivity (Wildman–Crippen MR) is 56.4 cm³/mol. The Hall–Kier alpha value is -1.32. The standard InChI is InChI=1S/C12H16O4/c1-15-11(13)9-7-3-5-8(6-4-7)10(9)12(14)16-2/h3,5,7-10H,4,6H2,1-2H3/t7-,8+,9+,10-. The number of esters is 2. The molecule has 0 aliphatic heterocycles. The van der Waals surface area contributed by atoms with Gasteiger partial charge in [0.1, 0.15) is 0 Å². The van der Waals surface area contributed by atoms with Crippen LogP contribution < -0.4 is 0 Å². The second kappa shape index (κ2) is 4.28. The molecule has 0 radical (unpaired) electrons. The van der Waals surface area contributed by atoms with Gasteiger partial charge in [-0.05, 0) is 24.7 Å². The van der Waals surface area contributed by atoms with Gasteiger partial charge in [0, 0.05) is 0 Å². The highest BCUT2D eigenvalue weighted by molar-refractivity contribution is 5.83. The minimum absolute atomic E-state index is 0.126. The Balaban J connectivity index is 2.29. The topological polar surface area (TPSA) is 52.6 Å². The highest BCUT2D eigenvalue weighted by Crippen LogP contribution is 2.45. The van der Waals surface area contributed by atoms with Gasteiger partial charge in [0.2, 0.25) is 0 Å². The normalized spacial score (nSPS) is 35.9. The molecule has 0 aromatic carbocycles. The molecule has 0 aromatic rings. The zero-order valence-corrected chi connectivity index (χ0v) is 9.51. The van der Waals surface area contributed by atoms with E-state index in [1.165, 1.54) is 14.2 Å². The van der Waals surface area contributed by atoms with Crippen LogP contribution in [0.5, 0.6) is 0 Å². The number of allylic oxidation sites excluding steroid dienone is 2. The second-order valence-electron chi connectivity index (χ2n) is 4.39. The lowest BCUT2D eigenvalue weighted by molar-refractivity contribution is -0.164. The van der Waals surface area contributed by atoms with Crippen molar-refractivity contribution < 1.29 is 19.1 Å². The molecular formula is C12H16O4. The molecule has 4 heteroatoms. The van der Waals surface area contributed by atoms with Crippen molar-refractivity contribution in [2.75, 3.05) is 14.2 Å². The Labute approximate surface area is 94.6 Å². The van der Waals surface area contributed by atoms with Crippen molar-refractivity contribution in [3.8, 4) is 0 Å². The number of hydrogen-bond acceptors (Lipinski definition) is 4. The number of fused-ring (bicyclic) bond motifs is 2. The zero-order chi connectivity index (χ0) is 11.7. The molecule has 3 rings (SSSR count). The number of hydrogen-bond donors (Lipinski definition) is 0. The summed E-state index contributed by atoms with van der Waals surface area (Å²) < 4.78 is 9.57. The maximum absolute atomic E-state index is 11.7. The van der Waals surface area contributed by atoms with Crippen molar-refractivity contribution in [1.29, 1.82) is 0 Å². The number of carbonyl (C=O) groups excluding carboxylic acids is 2. The van der Waals surface area contributed by atoms with Gasteiger partial charge < -0.3 is 9.47 Å². The van der Waals surface area contributed by atoms with Crippen LogP contribution in [0.15, 0.2) is 12.2 Å². The van der Waals surface area contributed by atoms with E-state index in [1.807, 2.05) is 12.2 Å². The van der Waals surface area contributed by atoms with Crippen LogP contribution in [0.3, 0.4) is 0 Å². The van der Waals surface area contributed by atoms with Gasteiger partial charge >= 0.3 is 11.9 Å². The van der Waals surface area contributed by atoms with Gasteiger partial charge in [-0.3, -0.25) is 9.59 Å². The van der Waals surface area contributed by atoms with Crippen LogP contribution in [0.1, 0.15) is 12.8 Å². The summed E-state index contributed by atoms with van der Waals surface area (Å²) >= 11 is 0. The van der Waals surface area contributed by atoms with Gasteiger partial charge in [0.05, 0.1) is 26.1 Å². The second-order valence-corrected chi connectivity index (χ2v) is 4.39. The maximum atomic E-state index is 11.7. The average Bonchev–Trinajstić information content (AvgIpc) is 2.37. The first-order valence-electron chi connectivity index (χ1n) is 5.53. The summed E-state index contributed by atoms with van der Waals surface area (Å²) in [6.07, 6.45) is 5.98. The van der Waals surface area contributed by atoms with Crippen molar-refractivity contribution in [2.45, 2.75) is 12.8 Å². The Kier molecular flexibility index (Phi) is 2.99. The van der Waals surface area contributed by atoms with Crippen LogP contribution in [-0.4, -0.2) is 26.2 Å². The predicted octanol–water partition coefficient (Wildman–Crippen LogP) is 1.16. The fourth-order valence-electron chi connectivity index (χ4n) is 2.91. The molecule has 1 fully saturated rings. The monoisotopic (exact) mass is 224 g/mol. The van der Waals surface area contributed by atoms with Crippen molar-refractivity contribution in [3.63, 3.8) is 0 Å². The van der Waals surface area contributed by atoms with E-state index in [4.69, 9.17) is 9.47 Å². The van der Waals surface area contributed by atoms with Crippen molar-refractivity contribution in [3.05, 3.63) is 12.2 Å². The third-order valence-corrected chi connectivity index (χ3v) is 3.69. The number of methoxy groups -OCH3 is 2. The Morgan fingerprint density at radius 1 is 0.938 bits per heavy atom. The van der Waals surface area contributed by atoms with Gasteiger partial charge in [-0.15, -0.1) is 0 Å². The van der Waals surface area contributed by atoms with Crippen LogP contribution in [0, 0.1) is 23.7 Å². The summed E-state index contributed by atoms with van der Waals surface area (Å²) in [7, 11) is 2.73. The molecule has 3 aliphatic rings. The van der Waals surface area contributed by atoms with E-state index in [0.29, 0.717) is 0 Å². The van der Waals surface area contributed by atoms with E-state index in [1.54, 1.807) is 0 Å². The molecule has 88 valence electrons. The van der Waals surface area contributed by atoms with E-state index < -0.39 is 0 Å². The summed E-state index contributed by atoms with van der Waals surface area (Å²) in [5, 5.41) is 0. The van der Waals surface area contributed by atoms with Crippen LogP contribution in [-0.2, 0) is 19.1 Å². The van der Waals surface area contributed by atoms with E-state index in [0.717, 1.165) is 12.8 Å². The van der Waals surface area contributed by atoms with E-state index in [2.05, 4.69) is 0 Å². The van der Waals surface area contributed by atoms with Gasteiger partial charge in [0.15, 0.2) is 0 Å². The Morgan fingerprint density at radius 3 is 1.56 bits per heavy atom. The number of rotatable bonds is 2. The molecule has 3 aliphatic carbocycles. The van der Waals surface area contributed by atoms with Crippen LogP contribution in [0.2, 0.25) is 0 Å². The molecule has 1 saturated carbocycles. The SMILES string of the molecule is COC(=O)[C@@H]1[C@H](C(=O)OC)[C@H]2C=C[C@@H]1CC2. The van der Waals surface area contributed by atoms with Gasteiger partial charge in [-0.25, -0.2) is 0 Å². The molecule has 0 N–H and O–H groups in total. The molecular weight excluding hydrogens is 208 g/mol. The maximum Gasteiger partial charge on any atom is 0.310 e. The molecule has 0 aromatic heterocycles. The van der Waals surface area contributed by atoms with Crippen molar-refractivity contribution in [1.82, 2.24) is 0 Å². The number of carbonyl (C=O) groups is 2. The van der Waals surface area contributed by atoms with Crippen LogP contribution in [0.4, 0.5) is 0 Å². The van der Waals surface area contributed by atoms with E-state index >= 15 is 0 Å². The lowest BCUT2D eigenvalue weighted by Crippen LogP contribution is -2.46. The minimum atomic E-state index is -0.360. The molecule has 0 unspecified atom stereocenters. The molecule has 0 heterocycles. The highest BCUT2D eigenvalue weighted by Gasteiger charge is 2.49. The Bertz CT molecular complexity index is 302. The summed E-state index contributed by atoms with van der Waals surface area (Å²) in [5.74, 6) is -1.06. The van der Waals surface area contributed by atoms with Gasteiger partial charge in [0.25, 0.3) is 0 Å². The summed E-state index contributed by atoms with van der Waals surface area (Å²) in [4.78, 5) is 23.4. The lowest BCUT2D eigenvalue weighted by Gasteiger charge is -2.41. The fraction of sp³-hybridized carbons (Fsp3) is 0.667. The molecule has 2 bridgehead atoms. The van der Waals surface area contributed by atoms with E-state index in [9.17, 15) is 9.59 Å². The number of ether oxygens (including phenoxy) is 2. The first-order valence-corrected chi connectivity index (χ1v) is 5.53.